The first-order valence-electron chi connectivity index (χ1n) is 13.5. The van der Waals surface area contributed by atoms with Gasteiger partial charge in [0.15, 0.2) is 5.03 Å². The summed E-state index contributed by atoms with van der Waals surface area (Å²) >= 11 is 0. The first-order valence-corrected chi connectivity index (χ1v) is 15.0. The number of benzene rings is 2. The van der Waals surface area contributed by atoms with Gasteiger partial charge in [0.05, 0.1) is 11.1 Å². The molecule has 0 saturated carbocycles. The van der Waals surface area contributed by atoms with Gasteiger partial charge in [0.25, 0.3) is 10.0 Å². The van der Waals surface area contributed by atoms with Crippen molar-refractivity contribution in [3.63, 3.8) is 0 Å². The number of aliphatic hydroxyl groups excluding tert-OH is 1. The van der Waals surface area contributed by atoms with Crippen molar-refractivity contribution in [3.05, 3.63) is 101 Å². The number of esters is 1. The zero-order chi connectivity index (χ0) is 29.6. The number of nitrogens with zero attached hydrogens (tertiary/aromatic N) is 2. The van der Waals surface area contributed by atoms with Gasteiger partial charge in [0.2, 0.25) is 0 Å². The number of carbonyl (C=O) groups excluding carboxylic acids is 1. The molecular weight excluding hydrogens is 545 g/mol. The normalized spacial score (nSPS) is 18.0. The summed E-state index contributed by atoms with van der Waals surface area (Å²) in [6.45, 7) is 3.86. The molecule has 0 bridgehead atoms. The maximum atomic E-state index is 13.4. The summed E-state index contributed by atoms with van der Waals surface area (Å²) in [5, 5.41) is 19.9. The van der Waals surface area contributed by atoms with E-state index in [0.29, 0.717) is 31.2 Å². The maximum absolute atomic E-state index is 13.4. The summed E-state index contributed by atoms with van der Waals surface area (Å²) in [6, 6.07) is 17.3. The SMILES string of the molecule is CCC[C@]1(CCc2ccc(F)cc2)CC(O)=C(C(CC)c2cccc(NS(=O)(=O)c3ccc(C#N)cn3)c2)C(=O)O1. The number of aromatic nitrogens is 1. The molecule has 8 nitrogen and oxygen atoms in total. The largest absolute Gasteiger partial charge is 0.512 e. The van der Waals surface area contributed by atoms with Crippen LogP contribution in [0, 0.1) is 17.1 Å². The minimum absolute atomic E-state index is 0.0339. The molecular formula is C31H32FN3O5S. The fourth-order valence-corrected chi connectivity index (χ4v) is 6.25. The van der Waals surface area contributed by atoms with Gasteiger partial charge in [-0.25, -0.2) is 14.2 Å². The zero-order valence-corrected chi connectivity index (χ0v) is 23.7. The van der Waals surface area contributed by atoms with Crippen LogP contribution in [-0.2, 0) is 26.0 Å². The Kier molecular flexibility index (Phi) is 9.08. The summed E-state index contributed by atoms with van der Waals surface area (Å²) < 4.78 is 47.6. The van der Waals surface area contributed by atoms with E-state index in [1.165, 1.54) is 30.5 Å². The lowest BCUT2D eigenvalue weighted by Gasteiger charge is -2.38. The minimum Gasteiger partial charge on any atom is -0.512 e. The molecule has 0 radical (unpaired) electrons. The summed E-state index contributed by atoms with van der Waals surface area (Å²) in [6.07, 6.45) is 4.15. The van der Waals surface area contributed by atoms with Crippen LogP contribution in [0.15, 0.2) is 83.2 Å². The summed E-state index contributed by atoms with van der Waals surface area (Å²) in [5.41, 5.74) is 1.33. The lowest BCUT2D eigenvalue weighted by molar-refractivity contribution is -0.161. The lowest BCUT2D eigenvalue weighted by atomic mass is 9.80. The summed E-state index contributed by atoms with van der Waals surface area (Å²) in [7, 11) is -4.03. The number of carbonyl (C=O) groups is 1. The van der Waals surface area contributed by atoms with E-state index in [4.69, 9.17) is 10.00 Å². The third-order valence-electron chi connectivity index (χ3n) is 7.26. The zero-order valence-electron chi connectivity index (χ0n) is 22.9. The fraction of sp³-hybridized carbons (Fsp3) is 0.323. The number of hydrogen-bond donors (Lipinski definition) is 2. The highest BCUT2D eigenvalue weighted by molar-refractivity contribution is 7.92. The molecule has 1 aliphatic rings. The van der Waals surface area contributed by atoms with E-state index in [9.17, 15) is 22.7 Å². The second kappa shape index (κ2) is 12.5. The smallest absolute Gasteiger partial charge is 0.338 e. The van der Waals surface area contributed by atoms with Crippen LogP contribution in [0.2, 0.25) is 0 Å². The summed E-state index contributed by atoms with van der Waals surface area (Å²) in [4.78, 5) is 17.3. The van der Waals surface area contributed by atoms with Gasteiger partial charge >= 0.3 is 5.97 Å². The lowest BCUT2D eigenvalue weighted by Crippen LogP contribution is -2.41. The summed E-state index contributed by atoms with van der Waals surface area (Å²) in [5.74, 6) is -1.48. The van der Waals surface area contributed by atoms with Crippen molar-refractivity contribution in [2.24, 2.45) is 0 Å². The van der Waals surface area contributed by atoms with E-state index in [1.54, 1.807) is 36.4 Å². The molecule has 2 N–H and O–H groups in total. The minimum atomic E-state index is -4.03. The average molecular weight is 578 g/mol. The van der Waals surface area contributed by atoms with Crippen molar-refractivity contribution >= 4 is 21.7 Å². The third-order valence-corrected chi connectivity index (χ3v) is 8.55. The van der Waals surface area contributed by atoms with E-state index in [2.05, 4.69) is 9.71 Å². The molecule has 2 heterocycles. The molecule has 1 aliphatic heterocycles. The Hall–Kier alpha value is -4.23. The van der Waals surface area contributed by atoms with E-state index in [-0.39, 0.29) is 39.8 Å². The van der Waals surface area contributed by atoms with Crippen LogP contribution in [0.25, 0.3) is 0 Å². The molecule has 41 heavy (non-hydrogen) atoms. The van der Waals surface area contributed by atoms with Crippen LogP contribution in [0.1, 0.15) is 68.6 Å². The number of aliphatic hydroxyl groups is 1. The van der Waals surface area contributed by atoms with E-state index in [1.807, 2.05) is 19.9 Å². The predicted molar refractivity (Wildman–Crippen MR) is 152 cm³/mol. The molecule has 4 rings (SSSR count). The Morgan fingerprint density at radius 1 is 1.15 bits per heavy atom. The van der Waals surface area contributed by atoms with Crippen molar-refractivity contribution in [1.29, 1.82) is 5.26 Å². The number of sulfonamides is 1. The van der Waals surface area contributed by atoms with Gasteiger partial charge in [-0.15, -0.1) is 0 Å². The molecule has 0 fully saturated rings. The van der Waals surface area contributed by atoms with E-state index < -0.39 is 27.5 Å². The Bertz CT molecular complexity index is 1580. The van der Waals surface area contributed by atoms with Crippen LogP contribution >= 0.6 is 0 Å². The van der Waals surface area contributed by atoms with Crippen LogP contribution < -0.4 is 4.72 Å². The van der Waals surface area contributed by atoms with Crippen molar-refractivity contribution in [3.8, 4) is 6.07 Å². The Balaban J connectivity index is 1.57. The van der Waals surface area contributed by atoms with Crippen molar-refractivity contribution in [1.82, 2.24) is 4.98 Å². The number of halogens is 1. The van der Waals surface area contributed by atoms with Gasteiger partial charge < -0.3 is 9.84 Å². The first-order chi connectivity index (χ1) is 19.6. The molecule has 1 unspecified atom stereocenters. The van der Waals surface area contributed by atoms with Gasteiger partial charge in [-0.2, -0.15) is 13.7 Å². The van der Waals surface area contributed by atoms with Crippen molar-refractivity contribution in [2.45, 2.75) is 68.9 Å². The first kappa shape index (κ1) is 29.7. The predicted octanol–water partition coefficient (Wildman–Crippen LogP) is 6.32. The number of anilines is 1. The highest BCUT2D eigenvalue weighted by Gasteiger charge is 2.43. The molecule has 0 aliphatic carbocycles. The quantitative estimate of drug-likeness (QED) is 0.255. The molecule has 0 saturated heterocycles. The van der Waals surface area contributed by atoms with Gasteiger partial charge in [-0.1, -0.05) is 44.5 Å². The Labute approximate surface area is 239 Å². The van der Waals surface area contributed by atoms with Crippen molar-refractivity contribution in [2.75, 3.05) is 4.72 Å². The number of rotatable bonds is 11. The second-order valence-electron chi connectivity index (χ2n) is 10.2. The molecule has 3 aromatic rings. The maximum Gasteiger partial charge on any atom is 0.338 e. The molecule has 2 aromatic carbocycles. The average Bonchev–Trinajstić information content (AvgIpc) is 2.95. The van der Waals surface area contributed by atoms with Crippen LogP contribution in [0.4, 0.5) is 10.1 Å². The number of cyclic esters (lactones) is 1. The number of nitrogens with one attached hydrogen (secondary N) is 1. The Morgan fingerprint density at radius 2 is 1.90 bits per heavy atom. The van der Waals surface area contributed by atoms with Gasteiger partial charge in [0, 0.05) is 24.2 Å². The topological polar surface area (TPSA) is 129 Å². The van der Waals surface area contributed by atoms with Gasteiger partial charge in [0.1, 0.15) is 23.2 Å². The molecule has 1 aromatic heterocycles. The second-order valence-corrected chi connectivity index (χ2v) is 11.8. The molecule has 214 valence electrons. The number of aryl methyl sites for hydroxylation is 1. The van der Waals surface area contributed by atoms with Crippen LogP contribution in [-0.4, -0.2) is 30.1 Å². The highest BCUT2D eigenvalue weighted by Crippen LogP contribution is 2.42. The Morgan fingerprint density at radius 3 is 2.51 bits per heavy atom. The monoisotopic (exact) mass is 577 g/mol. The molecule has 0 spiro atoms. The number of ether oxygens (including phenoxy) is 1. The fourth-order valence-electron chi connectivity index (χ4n) is 5.27. The standard InChI is InChI=1S/C31H32FN3O5S/c1-3-15-31(16-14-21-8-11-24(32)12-9-21)18-27(36)29(30(37)40-31)26(4-2)23-6-5-7-25(17-23)35-41(38,39)28-13-10-22(19-33)20-34-28/h5-13,17,20,26,35-36H,3-4,14-16,18H2,1-2H3/t26?,31-/m0/s1. The third kappa shape index (κ3) is 6.92. The molecule has 0 amide bonds. The van der Waals surface area contributed by atoms with E-state index >= 15 is 0 Å². The van der Waals surface area contributed by atoms with Gasteiger partial charge in [-0.05, 0) is 73.2 Å². The van der Waals surface area contributed by atoms with Gasteiger partial charge in [-0.3, -0.25) is 4.72 Å². The number of nitriles is 1. The highest BCUT2D eigenvalue weighted by atomic mass is 32.2. The number of hydrogen-bond acceptors (Lipinski definition) is 7. The van der Waals surface area contributed by atoms with Crippen molar-refractivity contribution < 1.29 is 27.4 Å². The van der Waals surface area contributed by atoms with Crippen LogP contribution in [0.3, 0.4) is 0 Å². The van der Waals surface area contributed by atoms with E-state index in [0.717, 1.165) is 12.0 Å². The van der Waals surface area contributed by atoms with Crippen LogP contribution in [0.5, 0.6) is 0 Å². The number of pyridine rings is 1. The molecule has 10 heteroatoms. The molecule has 2 atom stereocenters.